The summed E-state index contributed by atoms with van der Waals surface area (Å²) in [5.74, 6) is 13.0. The third-order valence-corrected chi connectivity index (χ3v) is 5.40. The molecule has 3 aliphatic rings. The predicted octanol–water partition coefficient (Wildman–Crippen LogP) is 2.96. The summed E-state index contributed by atoms with van der Waals surface area (Å²) in [5, 5.41) is 4.02. The second-order valence-electron chi connectivity index (χ2n) is 7.61. The van der Waals surface area contributed by atoms with Gasteiger partial charge in [0.25, 0.3) is 0 Å². The van der Waals surface area contributed by atoms with E-state index < -0.39 is 0 Å². The van der Waals surface area contributed by atoms with Crippen LogP contribution in [0.2, 0.25) is 0 Å². The zero-order valence-electron chi connectivity index (χ0n) is 15.9. The van der Waals surface area contributed by atoms with E-state index in [0.29, 0.717) is 12.5 Å². The highest BCUT2D eigenvalue weighted by Gasteiger charge is 2.21. The van der Waals surface area contributed by atoms with Gasteiger partial charge in [-0.15, -0.1) is 0 Å². The number of hydrazone groups is 1. The summed E-state index contributed by atoms with van der Waals surface area (Å²) in [4.78, 5) is 6.93. The summed E-state index contributed by atoms with van der Waals surface area (Å²) in [5.41, 5.74) is 3.97. The average molecular weight is 364 g/mol. The van der Waals surface area contributed by atoms with Crippen LogP contribution < -0.4 is 10.7 Å². The Morgan fingerprint density at radius 3 is 2.78 bits per heavy atom. The molecule has 3 fully saturated rings. The normalized spacial score (nSPS) is 23.0. The smallest absolute Gasteiger partial charge is 0.110 e. The molecular weight excluding hydrogens is 336 g/mol. The first-order chi connectivity index (χ1) is 13.3. The van der Waals surface area contributed by atoms with Crippen LogP contribution in [0.25, 0.3) is 0 Å². The van der Waals surface area contributed by atoms with Gasteiger partial charge in [-0.05, 0) is 56.7 Å². The maximum absolute atomic E-state index is 5.75. The molecule has 0 radical (unpaired) electrons. The van der Waals surface area contributed by atoms with Gasteiger partial charge in [0.1, 0.15) is 5.71 Å². The molecule has 0 aromatic heterocycles. The van der Waals surface area contributed by atoms with Crippen LogP contribution in [0, 0.1) is 17.8 Å². The second kappa shape index (κ2) is 8.58. The van der Waals surface area contributed by atoms with E-state index in [1.54, 1.807) is 6.21 Å². The number of anilines is 1. The lowest BCUT2D eigenvalue weighted by Gasteiger charge is -2.34. The Hall–Kier alpha value is -2.32. The van der Waals surface area contributed by atoms with Crippen molar-refractivity contribution in [1.82, 2.24) is 0 Å². The van der Waals surface area contributed by atoms with Crippen molar-refractivity contribution in [1.29, 1.82) is 0 Å². The Bertz CT molecular complexity index is 775. The number of benzene rings is 1. The van der Waals surface area contributed by atoms with Crippen LogP contribution in [0.1, 0.15) is 49.7 Å². The quantitative estimate of drug-likeness (QED) is 0.378. The summed E-state index contributed by atoms with van der Waals surface area (Å²) in [6, 6.07) is 6.32. The van der Waals surface area contributed by atoms with Gasteiger partial charge in [-0.2, -0.15) is 5.10 Å². The van der Waals surface area contributed by atoms with Crippen molar-refractivity contribution in [2.45, 2.75) is 44.6 Å². The third kappa shape index (κ3) is 4.70. The van der Waals surface area contributed by atoms with Crippen molar-refractivity contribution in [3.63, 3.8) is 0 Å². The molecule has 2 heterocycles. The molecular formula is C22H28N4O. The van der Waals surface area contributed by atoms with Crippen LogP contribution in [-0.4, -0.2) is 44.3 Å². The van der Waals surface area contributed by atoms with Crippen LogP contribution in [0.4, 0.5) is 5.69 Å². The number of ether oxygens (including phenoxy) is 1. The Morgan fingerprint density at radius 2 is 2.11 bits per heavy atom. The van der Waals surface area contributed by atoms with E-state index in [9.17, 15) is 0 Å². The van der Waals surface area contributed by atoms with Crippen LogP contribution in [-0.2, 0) is 4.74 Å². The maximum Gasteiger partial charge on any atom is 0.110 e. The molecule has 142 valence electrons. The van der Waals surface area contributed by atoms with Crippen LogP contribution in [0.5, 0.6) is 0 Å². The molecule has 1 aromatic carbocycles. The largest absolute Gasteiger partial charge is 0.376 e. The summed E-state index contributed by atoms with van der Waals surface area (Å²) in [7, 11) is 0. The fraction of sp³-hybridized carbons (Fsp3) is 0.545. The van der Waals surface area contributed by atoms with Crippen LogP contribution >= 0.6 is 0 Å². The van der Waals surface area contributed by atoms with E-state index >= 15 is 0 Å². The van der Waals surface area contributed by atoms with Crippen LogP contribution in [0.3, 0.4) is 0 Å². The van der Waals surface area contributed by atoms with Gasteiger partial charge in [-0.25, -0.2) is 0 Å². The van der Waals surface area contributed by atoms with E-state index in [0.717, 1.165) is 55.1 Å². The average Bonchev–Trinajstić information content (AvgIpc) is 3.48. The first-order valence-electron chi connectivity index (χ1n) is 10.1. The number of nitrogens with two attached hydrogens (primary N) is 1. The monoisotopic (exact) mass is 364 g/mol. The molecule has 0 amide bonds. The molecule has 2 aliphatic heterocycles. The molecule has 5 nitrogen and oxygen atoms in total. The third-order valence-electron chi connectivity index (χ3n) is 5.40. The van der Waals surface area contributed by atoms with Gasteiger partial charge >= 0.3 is 0 Å². The molecule has 1 aromatic rings. The van der Waals surface area contributed by atoms with Gasteiger partial charge in [-0.1, -0.05) is 11.8 Å². The van der Waals surface area contributed by atoms with Gasteiger partial charge in [-0.3, -0.25) is 4.99 Å². The lowest BCUT2D eigenvalue weighted by Crippen LogP contribution is -2.38. The van der Waals surface area contributed by atoms with Gasteiger partial charge in [0.05, 0.1) is 12.6 Å². The van der Waals surface area contributed by atoms with E-state index in [4.69, 9.17) is 10.6 Å². The zero-order valence-corrected chi connectivity index (χ0v) is 15.9. The highest BCUT2D eigenvalue weighted by Crippen LogP contribution is 2.29. The first kappa shape index (κ1) is 18.1. The fourth-order valence-corrected chi connectivity index (χ4v) is 3.44. The Balaban J connectivity index is 1.51. The highest BCUT2D eigenvalue weighted by molar-refractivity contribution is 6.39. The number of hydrogen-bond acceptors (Lipinski definition) is 5. The molecule has 0 spiro atoms. The minimum Gasteiger partial charge on any atom is -0.376 e. The minimum atomic E-state index is 0.226. The summed E-state index contributed by atoms with van der Waals surface area (Å²) in [6.45, 7) is 3.65. The number of nitrogens with zero attached hydrogens (tertiary/aromatic N) is 3. The molecule has 1 atom stereocenters. The van der Waals surface area contributed by atoms with Crippen molar-refractivity contribution in [2.24, 2.45) is 21.9 Å². The van der Waals surface area contributed by atoms with Crippen molar-refractivity contribution in [2.75, 3.05) is 31.1 Å². The van der Waals surface area contributed by atoms with Gasteiger partial charge in [0, 0.05) is 48.6 Å². The van der Waals surface area contributed by atoms with Crippen molar-refractivity contribution >= 4 is 17.6 Å². The molecule has 1 saturated carbocycles. The fourth-order valence-electron chi connectivity index (χ4n) is 3.44. The Kier molecular flexibility index (Phi) is 5.74. The van der Waals surface area contributed by atoms with Crippen LogP contribution in [0.15, 0.2) is 28.3 Å². The zero-order chi connectivity index (χ0) is 18.5. The number of hydrogen-bond donors (Lipinski definition) is 1. The van der Waals surface area contributed by atoms with Crippen molar-refractivity contribution in [3.8, 4) is 11.8 Å². The van der Waals surface area contributed by atoms with Gasteiger partial charge < -0.3 is 15.5 Å². The molecule has 27 heavy (non-hydrogen) atoms. The van der Waals surface area contributed by atoms with Crippen molar-refractivity contribution in [3.05, 3.63) is 29.3 Å². The predicted molar refractivity (Wildman–Crippen MR) is 111 cm³/mol. The van der Waals surface area contributed by atoms with E-state index in [2.05, 4.69) is 45.0 Å². The van der Waals surface area contributed by atoms with E-state index in [1.807, 2.05) is 0 Å². The molecule has 4 rings (SSSR count). The molecule has 1 aliphatic carbocycles. The van der Waals surface area contributed by atoms with Gasteiger partial charge in [0.15, 0.2) is 0 Å². The summed E-state index contributed by atoms with van der Waals surface area (Å²) < 4.78 is 5.75. The minimum absolute atomic E-state index is 0.226. The first-order valence-corrected chi connectivity index (χ1v) is 10.1. The summed E-state index contributed by atoms with van der Waals surface area (Å²) >= 11 is 0. The SMILES string of the molecule is N/N=C(\C=NCC1CCCCO1)c1ccc(C#CC2CC2)cc1N1CCC1. The number of aliphatic imine (C=N–C) groups is 1. The topological polar surface area (TPSA) is 63.2 Å². The molecule has 1 unspecified atom stereocenters. The molecule has 5 heteroatoms. The Labute approximate surface area is 161 Å². The highest BCUT2D eigenvalue weighted by atomic mass is 16.5. The molecule has 2 saturated heterocycles. The lowest BCUT2D eigenvalue weighted by molar-refractivity contribution is 0.0226. The Morgan fingerprint density at radius 1 is 1.22 bits per heavy atom. The second-order valence-corrected chi connectivity index (χ2v) is 7.61. The molecule has 0 bridgehead atoms. The van der Waals surface area contributed by atoms with E-state index in [1.165, 1.54) is 25.7 Å². The van der Waals surface area contributed by atoms with Crippen molar-refractivity contribution < 1.29 is 4.74 Å². The lowest BCUT2D eigenvalue weighted by atomic mass is 10.0. The number of rotatable bonds is 5. The van der Waals surface area contributed by atoms with Gasteiger partial charge in [0.2, 0.25) is 0 Å². The summed E-state index contributed by atoms with van der Waals surface area (Å²) in [6.07, 6.45) is 9.20. The van der Waals surface area contributed by atoms with E-state index in [-0.39, 0.29) is 6.10 Å². The standard InChI is InChI=1S/C22H28N4O/c23-25-21(16-24-15-19-4-1-2-13-27-19)20-10-9-18(8-7-17-5-6-17)14-22(20)26-11-3-12-26/h9-10,14,16-17,19H,1-6,11-13,15,23H2/b24-16?,25-21+. The maximum atomic E-state index is 5.75. The molecule has 2 N–H and O–H groups in total.